The fourth-order valence-corrected chi connectivity index (χ4v) is 1.83. The van der Waals surface area contributed by atoms with Crippen molar-refractivity contribution in [2.24, 2.45) is 0 Å². The van der Waals surface area contributed by atoms with E-state index in [1.807, 2.05) is 12.1 Å². The van der Waals surface area contributed by atoms with Gasteiger partial charge in [-0.15, -0.1) is 0 Å². The summed E-state index contributed by atoms with van der Waals surface area (Å²) in [7, 11) is 1.66. The van der Waals surface area contributed by atoms with E-state index in [-0.39, 0.29) is 5.91 Å². The number of aromatic nitrogens is 2. The number of benzene rings is 1. The summed E-state index contributed by atoms with van der Waals surface area (Å²) in [6.45, 7) is 2.75. The molecule has 6 heteroatoms. The Labute approximate surface area is 111 Å². The fourth-order valence-electron chi connectivity index (χ4n) is 1.83. The number of rotatable bonds is 7. The van der Waals surface area contributed by atoms with Gasteiger partial charge < -0.3 is 15.4 Å². The Morgan fingerprint density at radius 3 is 3.11 bits per heavy atom. The smallest absolute Gasteiger partial charge is 0.252 e. The summed E-state index contributed by atoms with van der Waals surface area (Å²) >= 11 is 0. The first kappa shape index (κ1) is 13.5. The zero-order chi connectivity index (χ0) is 13.5. The maximum Gasteiger partial charge on any atom is 0.252 e. The van der Waals surface area contributed by atoms with Crippen LogP contribution in [0.5, 0.6) is 0 Å². The minimum atomic E-state index is -0.0828. The Balaban J connectivity index is 1.85. The summed E-state index contributed by atoms with van der Waals surface area (Å²) < 4.78 is 4.92. The van der Waals surface area contributed by atoms with Crippen LogP contribution in [0.1, 0.15) is 10.4 Å². The van der Waals surface area contributed by atoms with Gasteiger partial charge >= 0.3 is 0 Å². The second kappa shape index (κ2) is 6.86. The second-order valence-electron chi connectivity index (χ2n) is 4.14. The van der Waals surface area contributed by atoms with Gasteiger partial charge in [-0.3, -0.25) is 9.89 Å². The number of fused-ring (bicyclic) bond motifs is 1. The van der Waals surface area contributed by atoms with E-state index in [9.17, 15) is 4.79 Å². The Kier molecular flexibility index (Phi) is 4.88. The van der Waals surface area contributed by atoms with E-state index in [0.717, 1.165) is 24.0 Å². The molecule has 0 aliphatic heterocycles. The highest BCUT2D eigenvalue weighted by Crippen LogP contribution is 2.15. The summed E-state index contributed by atoms with van der Waals surface area (Å²) in [6.07, 6.45) is 1.67. The molecule has 2 aromatic rings. The summed E-state index contributed by atoms with van der Waals surface area (Å²) in [5, 5.41) is 13.7. The molecule has 1 amide bonds. The zero-order valence-corrected chi connectivity index (χ0v) is 10.9. The molecule has 19 heavy (non-hydrogen) atoms. The topological polar surface area (TPSA) is 79.0 Å². The molecule has 0 atom stereocenters. The standard InChI is InChI=1S/C13H18N4O2/c1-19-8-7-14-5-6-15-13(18)10-3-2-4-12-11(10)9-16-17-12/h2-4,9,14H,5-8H2,1H3,(H,15,18)(H,16,17). The average Bonchev–Trinajstić information content (AvgIpc) is 2.90. The van der Waals surface area contributed by atoms with E-state index < -0.39 is 0 Å². The minimum Gasteiger partial charge on any atom is -0.383 e. The van der Waals surface area contributed by atoms with Crippen molar-refractivity contribution in [1.29, 1.82) is 0 Å². The number of aromatic amines is 1. The van der Waals surface area contributed by atoms with Gasteiger partial charge in [0.25, 0.3) is 5.91 Å². The van der Waals surface area contributed by atoms with Gasteiger partial charge in [0.2, 0.25) is 0 Å². The maximum absolute atomic E-state index is 12.0. The number of carbonyl (C=O) groups excluding carboxylic acids is 1. The van der Waals surface area contributed by atoms with Crippen molar-refractivity contribution >= 4 is 16.8 Å². The molecular weight excluding hydrogens is 244 g/mol. The minimum absolute atomic E-state index is 0.0828. The Bertz CT molecular complexity index is 538. The lowest BCUT2D eigenvalue weighted by molar-refractivity contribution is 0.0955. The molecule has 102 valence electrons. The van der Waals surface area contributed by atoms with Crippen LogP contribution >= 0.6 is 0 Å². The van der Waals surface area contributed by atoms with Crippen LogP contribution in [0.3, 0.4) is 0 Å². The first-order valence-electron chi connectivity index (χ1n) is 6.23. The predicted octanol–water partition coefficient (Wildman–Crippen LogP) is 0.529. The fraction of sp³-hybridized carbons (Fsp3) is 0.385. The van der Waals surface area contributed by atoms with Crippen molar-refractivity contribution in [1.82, 2.24) is 20.8 Å². The number of carbonyl (C=O) groups is 1. The zero-order valence-electron chi connectivity index (χ0n) is 10.9. The van der Waals surface area contributed by atoms with E-state index in [4.69, 9.17) is 4.74 Å². The first-order chi connectivity index (χ1) is 9.33. The van der Waals surface area contributed by atoms with Crippen LogP contribution in [0.15, 0.2) is 24.4 Å². The van der Waals surface area contributed by atoms with E-state index >= 15 is 0 Å². The van der Waals surface area contributed by atoms with Gasteiger partial charge in [0.05, 0.1) is 23.9 Å². The molecule has 2 rings (SSSR count). The molecule has 1 aromatic carbocycles. The molecule has 0 bridgehead atoms. The van der Waals surface area contributed by atoms with Crippen molar-refractivity contribution in [3.8, 4) is 0 Å². The first-order valence-corrected chi connectivity index (χ1v) is 6.23. The molecule has 3 N–H and O–H groups in total. The Hall–Kier alpha value is -1.92. The number of hydrogen-bond acceptors (Lipinski definition) is 4. The highest BCUT2D eigenvalue weighted by Gasteiger charge is 2.09. The molecule has 0 saturated heterocycles. The van der Waals surface area contributed by atoms with Crippen LogP contribution in [-0.4, -0.2) is 49.5 Å². The largest absolute Gasteiger partial charge is 0.383 e. The van der Waals surface area contributed by atoms with Crippen molar-refractivity contribution in [2.45, 2.75) is 0 Å². The van der Waals surface area contributed by atoms with Crippen molar-refractivity contribution < 1.29 is 9.53 Å². The molecule has 6 nitrogen and oxygen atoms in total. The maximum atomic E-state index is 12.0. The third-order valence-electron chi connectivity index (χ3n) is 2.80. The monoisotopic (exact) mass is 262 g/mol. The molecular formula is C13H18N4O2. The van der Waals surface area contributed by atoms with Gasteiger partial charge in [-0.2, -0.15) is 5.10 Å². The summed E-state index contributed by atoms with van der Waals surface area (Å²) in [6, 6.07) is 5.53. The average molecular weight is 262 g/mol. The lowest BCUT2D eigenvalue weighted by Crippen LogP contribution is -2.33. The van der Waals surface area contributed by atoms with Crippen molar-refractivity contribution in [2.75, 3.05) is 33.4 Å². The van der Waals surface area contributed by atoms with Crippen molar-refractivity contribution in [3.63, 3.8) is 0 Å². The van der Waals surface area contributed by atoms with Crippen LogP contribution in [-0.2, 0) is 4.74 Å². The SMILES string of the molecule is COCCNCCNC(=O)c1cccc2[nH]ncc12. The van der Waals surface area contributed by atoms with Crippen LogP contribution in [0.25, 0.3) is 10.9 Å². The predicted molar refractivity (Wildman–Crippen MR) is 73.2 cm³/mol. The molecule has 0 fully saturated rings. The Morgan fingerprint density at radius 1 is 1.37 bits per heavy atom. The highest BCUT2D eigenvalue weighted by atomic mass is 16.5. The number of methoxy groups -OCH3 is 1. The molecule has 0 aliphatic rings. The quantitative estimate of drug-likeness (QED) is 0.636. The van der Waals surface area contributed by atoms with Gasteiger partial charge in [0, 0.05) is 32.1 Å². The summed E-state index contributed by atoms with van der Waals surface area (Å²) in [4.78, 5) is 12.0. The van der Waals surface area contributed by atoms with Gasteiger partial charge in [-0.05, 0) is 12.1 Å². The number of hydrogen-bond donors (Lipinski definition) is 3. The lowest BCUT2D eigenvalue weighted by Gasteiger charge is -2.07. The third kappa shape index (κ3) is 3.52. The van der Waals surface area contributed by atoms with Crippen LogP contribution in [0.2, 0.25) is 0 Å². The molecule has 0 radical (unpaired) electrons. The second-order valence-corrected chi connectivity index (χ2v) is 4.14. The molecule has 1 heterocycles. The van der Waals surface area contributed by atoms with E-state index in [1.54, 1.807) is 19.4 Å². The van der Waals surface area contributed by atoms with Gasteiger partial charge in [-0.25, -0.2) is 0 Å². The number of nitrogens with zero attached hydrogens (tertiary/aromatic N) is 1. The molecule has 0 spiro atoms. The van der Waals surface area contributed by atoms with E-state index in [1.165, 1.54) is 0 Å². The van der Waals surface area contributed by atoms with Gasteiger partial charge in [0.15, 0.2) is 0 Å². The highest BCUT2D eigenvalue weighted by molar-refractivity contribution is 6.05. The number of H-pyrrole nitrogens is 1. The molecule has 0 unspecified atom stereocenters. The van der Waals surface area contributed by atoms with Crippen molar-refractivity contribution in [3.05, 3.63) is 30.0 Å². The van der Waals surface area contributed by atoms with E-state index in [2.05, 4.69) is 20.8 Å². The van der Waals surface area contributed by atoms with Crippen LogP contribution in [0.4, 0.5) is 0 Å². The number of ether oxygens (including phenoxy) is 1. The third-order valence-corrected chi connectivity index (χ3v) is 2.80. The van der Waals surface area contributed by atoms with Crippen LogP contribution in [0, 0.1) is 0 Å². The molecule has 0 saturated carbocycles. The summed E-state index contributed by atoms with van der Waals surface area (Å²) in [5.41, 5.74) is 1.51. The molecule has 0 aliphatic carbocycles. The Morgan fingerprint density at radius 2 is 2.26 bits per heavy atom. The number of nitrogens with one attached hydrogen (secondary N) is 3. The number of amides is 1. The van der Waals surface area contributed by atoms with Gasteiger partial charge in [-0.1, -0.05) is 6.07 Å². The lowest BCUT2D eigenvalue weighted by atomic mass is 10.1. The van der Waals surface area contributed by atoms with E-state index in [0.29, 0.717) is 18.7 Å². The normalized spacial score (nSPS) is 10.8. The van der Waals surface area contributed by atoms with Crippen LogP contribution < -0.4 is 10.6 Å². The summed E-state index contributed by atoms with van der Waals surface area (Å²) in [5.74, 6) is -0.0828. The molecule has 1 aromatic heterocycles. The van der Waals surface area contributed by atoms with Gasteiger partial charge in [0.1, 0.15) is 0 Å².